The van der Waals surface area contributed by atoms with E-state index in [1.54, 1.807) is 65.8 Å². The van der Waals surface area contributed by atoms with Crippen molar-refractivity contribution in [3.63, 3.8) is 0 Å². The van der Waals surface area contributed by atoms with Crippen LogP contribution in [0, 0.1) is 5.41 Å². The van der Waals surface area contributed by atoms with Crippen LogP contribution in [0.3, 0.4) is 0 Å². The van der Waals surface area contributed by atoms with E-state index >= 15 is 0 Å². The van der Waals surface area contributed by atoms with Crippen molar-refractivity contribution in [3.05, 3.63) is 78.6 Å². The summed E-state index contributed by atoms with van der Waals surface area (Å²) in [5, 5.41) is 2.73. The van der Waals surface area contributed by atoms with Crippen LogP contribution in [0.1, 0.15) is 92.6 Å². The summed E-state index contributed by atoms with van der Waals surface area (Å²) < 4.78 is 16.9. The molecule has 270 valence electrons. The van der Waals surface area contributed by atoms with Gasteiger partial charge in [0.05, 0.1) is 30.5 Å². The Morgan fingerprint density at radius 2 is 1.54 bits per heavy atom. The van der Waals surface area contributed by atoms with Crippen LogP contribution in [0.2, 0.25) is 0 Å². The summed E-state index contributed by atoms with van der Waals surface area (Å²) in [5.41, 5.74) is -2.13. The first-order valence-corrected chi connectivity index (χ1v) is 16.6. The number of para-hydroxylation sites is 1. The minimum absolute atomic E-state index is 0.0453. The molecule has 12 nitrogen and oxygen atoms in total. The molecule has 3 amide bonds. The highest BCUT2D eigenvalue weighted by Gasteiger charge is 2.70. The van der Waals surface area contributed by atoms with Gasteiger partial charge in [-0.1, -0.05) is 58.0 Å². The standard InChI is InChI=1S/C38H51N5O7/c1-14-36(9,10)28-24(39-22-40-28)20-25(30(45)48-13)41-29(44)27-21-38(37(11,12)15-2)23-18-16-17-19-26(23)42(32(46)49-34(3,4)5)31(38)43(27)33(47)50-35(6,7)8/h14-20,22,27,31H,1-2,21H2,3-13H3,(H,39,40)(H,41,44)/b25-20-/t27-,31-,38+/m0/s1. The molecule has 1 aromatic carbocycles. The van der Waals surface area contributed by atoms with E-state index in [4.69, 9.17) is 14.2 Å². The molecule has 4 rings (SSSR count). The van der Waals surface area contributed by atoms with E-state index in [0.717, 1.165) is 5.56 Å². The van der Waals surface area contributed by atoms with E-state index in [9.17, 15) is 19.2 Å². The third-order valence-electron chi connectivity index (χ3n) is 9.37. The first kappa shape index (κ1) is 37.9. The second-order valence-corrected chi connectivity index (χ2v) is 15.9. The number of hydrogen-bond acceptors (Lipinski definition) is 8. The predicted molar refractivity (Wildman–Crippen MR) is 191 cm³/mol. The van der Waals surface area contributed by atoms with E-state index in [1.165, 1.54) is 29.3 Å². The Hall–Kier alpha value is -4.87. The molecule has 2 aliphatic rings. The van der Waals surface area contributed by atoms with Crippen molar-refractivity contribution in [2.24, 2.45) is 5.41 Å². The summed E-state index contributed by atoms with van der Waals surface area (Å²) in [4.78, 5) is 66.6. The van der Waals surface area contributed by atoms with Crippen LogP contribution in [0.4, 0.5) is 15.3 Å². The van der Waals surface area contributed by atoms with Crippen molar-refractivity contribution < 1.29 is 33.4 Å². The topological polar surface area (TPSA) is 143 Å². The van der Waals surface area contributed by atoms with Crippen LogP contribution in [0.5, 0.6) is 0 Å². The van der Waals surface area contributed by atoms with E-state index < -0.39 is 63.7 Å². The van der Waals surface area contributed by atoms with Crippen molar-refractivity contribution in [2.75, 3.05) is 12.0 Å². The van der Waals surface area contributed by atoms with Gasteiger partial charge in [-0.05, 0) is 71.1 Å². The summed E-state index contributed by atoms with van der Waals surface area (Å²) in [5.74, 6) is -1.52. The molecule has 50 heavy (non-hydrogen) atoms. The second kappa shape index (κ2) is 13.1. The fourth-order valence-corrected chi connectivity index (χ4v) is 6.74. The number of carbonyl (C=O) groups is 4. The van der Waals surface area contributed by atoms with Gasteiger partial charge in [-0.25, -0.2) is 19.4 Å². The number of carbonyl (C=O) groups excluding carboxylic acids is 4. The van der Waals surface area contributed by atoms with E-state index in [0.29, 0.717) is 17.1 Å². The average Bonchev–Trinajstić information content (AvgIpc) is 3.70. The van der Waals surface area contributed by atoms with Gasteiger partial charge in [0.15, 0.2) is 0 Å². The van der Waals surface area contributed by atoms with Crippen LogP contribution < -0.4 is 10.2 Å². The average molecular weight is 690 g/mol. The highest BCUT2D eigenvalue weighted by atomic mass is 16.6. The fraction of sp³-hybridized carbons (Fsp3) is 0.500. The molecule has 2 aromatic rings. The molecule has 0 saturated carbocycles. The third-order valence-corrected chi connectivity index (χ3v) is 9.37. The lowest BCUT2D eigenvalue weighted by Crippen LogP contribution is -2.60. The maximum Gasteiger partial charge on any atom is 0.416 e. The number of allylic oxidation sites excluding steroid dienone is 2. The van der Waals surface area contributed by atoms with Gasteiger partial charge >= 0.3 is 18.2 Å². The Kier molecular flexibility index (Phi) is 9.95. The molecule has 0 spiro atoms. The number of benzene rings is 1. The highest BCUT2D eigenvalue weighted by molar-refractivity contribution is 6.01. The summed E-state index contributed by atoms with van der Waals surface area (Å²) >= 11 is 0. The number of aromatic nitrogens is 2. The predicted octanol–water partition coefficient (Wildman–Crippen LogP) is 6.74. The minimum atomic E-state index is -1.23. The lowest BCUT2D eigenvalue weighted by atomic mass is 9.60. The number of methoxy groups -OCH3 is 1. The molecule has 3 atom stereocenters. The smallest absolute Gasteiger partial charge is 0.416 e. The number of amides is 3. The Bertz CT molecular complexity index is 1720. The van der Waals surface area contributed by atoms with Gasteiger partial charge in [-0.3, -0.25) is 14.6 Å². The largest absolute Gasteiger partial charge is 0.464 e. The fourth-order valence-electron chi connectivity index (χ4n) is 6.74. The normalized spacial score (nSPS) is 20.8. The molecule has 0 unspecified atom stereocenters. The summed E-state index contributed by atoms with van der Waals surface area (Å²) in [7, 11) is 1.20. The number of nitrogens with zero attached hydrogens (tertiary/aromatic N) is 3. The van der Waals surface area contributed by atoms with Crippen LogP contribution in [0.25, 0.3) is 6.08 Å². The second-order valence-electron chi connectivity index (χ2n) is 15.9. The van der Waals surface area contributed by atoms with E-state index in [1.807, 2.05) is 39.8 Å². The summed E-state index contributed by atoms with van der Waals surface area (Å²) in [6.45, 7) is 26.2. The van der Waals surface area contributed by atoms with Crippen molar-refractivity contribution in [2.45, 2.75) is 110 Å². The number of esters is 1. The van der Waals surface area contributed by atoms with Crippen LogP contribution in [-0.4, -0.2) is 69.5 Å². The molecule has 2 N–H and O–H groups in total. The van der Waals surface area contributed by atoms with Gasteiger partial charge in [0.2, 0.25) is 5.91 Å². The molecular formula is C38H51N5O7. The van der Waals surface area contributed by atoms with Crippen LogP contribution >= 0.6 is 0 Å². The Balaban J connectivity index is 1.94. The zero-order valence-electron chi connectivity index (χ0n) is 31.1. The van der Waals surface area contributed by atoms with Gasteiger partial charge < -0.3 is 24.5 Å². The Morgan fingerprint density at radius 1 is 0.940 bits per heavy atom. The number of H-pyrrole nitrogens is 1. The number of anilines is 1. The number of ether oxygens (including phenoxy) is 3. The minimum Gasteiger partial charge on any atom is -0.464 e. The van der Waals surface area contributed by atoms with Crippen LogP contribution in [0.15, 0.2) is 61.6 Å². The molecule has 1 fully saturated rings. The molecule has 0 aliphatic carbocycles. The zero-order valence-corrected chi connectivity index (χ0v) is 31.1. The molecule has 3 heterocycles. The Labute approximate surface area is 294 Å². The maximum atomic E-state index is 14.6. The monoisotopic (exact) mass is 689 g/mol. The van der Waals surface area contributed by atoms with Gasteiger partial charge in [-0.15, -0.1) is 13.2 Å². The molecule has 2 aliphatic heterocycles. The zero-order chi connectivity index (χ0) is 37.6. The number of nitrogens with one attached hydrogen (secondary N) is 2. The molecular weight excluding hydrogens is 638 g/mol. The number of rotatable bonds is 8. The number of hydrogen-bond donors (Lipinski definition) is 2. The quantitative estimate of drug-likeness (QED) is 0.134. The lowest BCUT2D eigenvalue weighted by molar-refractivity contribution is -0.138. The van der Waals surface area contributed by atoms with Crippen molar-refractivity contribution in [1.29, 1.82) is 0 Å². The molecule has 0 radical (unpaired) electrons. The van der Waals surface area contributed by atoms with Gasteiger partial charge in [0, 0.05) is 10.8 Å². The first-order valence-electron chi connectivity index (χ1n) is 16.6. The number of likely N-dealkylation sites (tertiary alicyclic amines) is 1. The maximum absolute atomic E-state index is 14.6. The molecule has 1 saturated heterocycles. The number of imidazole rings is 1. The first-order chi connectivity index (χ1) is 23.0. The number of aromatic amines is 1. The van der Waals surface area contributed by atoms with E-state index in [-0.39, 0.29) is 12.1 Å². The molecule has 12 heteroatoms. The van der Waals surface area contributed by atoms with Crippen molar-refractivity contribution in [1.82, 2.24) is 20.2 Å². The van der Waals surface area contributed by atoms with Gasteiger partial charge in [-0.2, -0.15) is 0 Å². The lowest BCUT2D eigenvalue weighted by Gasteiger charge is -2.45. The Morgan fingerprint density at radius 3 is 2.10 bits per heavy atom. The SMILES string of the molecule is C=CC(C)(C)c1[nH]cnc1/C=C(\NC(=O)[C@@H]1C[C@@]2(C(C)(C)C=C)c3ccccc3N(C(=O)OC(C)(C)C)[C@H]2N1C(=O)OC(C)(C)C)C(=O)OC. The van der Waals surface area contributed by atoms with Gasteiger partial charge in [0.25, 0.3) is 0 Å². The number of fused-ring (bicyclic) bond motifs is 3. The van der Waals surface area contributed by atoms with Crippen molar-refractivity contribution in [3.8, 4) is 0 Å². The van der Waals surface area contributed by atoms with Crippen LogP contribution in [-0.2, 0) is 34.6 Å². The highest BCUT2D eigenvalue weighted by Crippen LogP contribution is 2.62. The summed E-state index contributed by atoms with van der Waals surface area (Å²) in [6.07, 6.45) is 3.85. The summed E-state index contributed by atoms with van der Waals surface area (Å²) in [6, 6.07) is 6.11. The molecule has 0 bridgehead atoms. The van der Waals surface area contributed by atoms with E-state index in [2.05, 4.69) is 28.4 Å². The van der Waals surface area contributed by atoms with Gasteiger partial charge in [0.1, 0.15) is 29.1 Å². The third kappa shape index (κ3) is 6.80. The molecule has 1 aromatic heterocycles. The van der Waals surface area contributed by atoms with Crippen molar-refractivity contribution >= 4 is 35.8 Å².